The van der Waals surface area contributed by atoms with Gasteiger partial charge in [-0.2, -0.15) is 0 Å². The molecule has 0 heterocycles. The van der Waals surface area contributed by atoms with Crippen LogP contribution in [0.15, 0.2) is 18.2 Å². The molecular weight excluding hydrogens is 260 g/mol. The van der Waals surface area contributed by atoms with Gasteiger partial charge in [0.15, 0.2) is 0 Å². The first-order valence-corrected chi connectivity index (χ1v) is 5.59. The third kappa shape index (κ3) is 2.77. The molecule has 98 valence electrons. The Balaban J connectivity index is 3.21. The van der Waals surface area contributed by atoms with E-state index in [1.807, 2.05) is 0 Å². The van der Waals surface area contributed by atoms with Crippen molar-refractivity contribution in [1.29, 1.82) is 0 Å². The molecule has 0 bridgehead atoms. The van der Waals surface area contributed by atoms with Gasteiger partial charge in [-0.1, -0.05) is 17.7 Å². The molecule has 0 saturated carbocycles. The number of carbonyl (C=O) groups is 1. The smallest absolute Gasteiger partial charge is 0.330 e. The second-order valence-electron chi connectivity index (χ2n) is 3.85. The molecule has 0 spiro atoms. The highest BCUT2D eigenvalue weighted by atomic mass is 35.5. The van der Waals surface area contributed by atoms with Gasteiger partial charge < -0.3 is 10.5 Å². The molecule has 0 aliphatic heterocycles. The predicted molar refractivity (Wildman–Crippen MR) is 66.3 cm³/mol. The Bertz CT molecular complexity index is 488. The Morgan fingerprint density at radius 3 is 2.72 bits per heavy atom. The van der Waals surface area contributed by atoms with Gasteiger partial charge in [0.05, 0.1) is 11.5 Å². The number of hydrogen-bond acceptors (Lipinski definition) is 5. The van der Waals surface area contributed by atoms with Crippen LogP contribution in [-0.4, -0.2) is 17.5 Å². The number of ether oxygens (including phenoxy) is 1. The summed E-state index contributed by atoms with van der Waals surface area (Å²) in [5, 5.41) is 10.7. The molecule has 7 heteroatoms. The van der Waals surface area contributed by atoms with Gasteiger partial charge in [-0.3, -0.25) is 10.1 Å². The van der Waals surface area contributed by atoms with E-state index >= 15 is 0 Å². The maximum absolute atomic E-state index is 11.7. The van der Waals surface area contributed by atoms with Crippen LogP contribution in [0, 0.1) is 10.1 Å². The molecule has 1 unspecified atom stereocenters. The van der Waals surface area contributed by atoms with Crippen molar-refractivity contribution in [3.63, 3.8) is 0 Å². The number of nitrogens with zero attached hydrogens (tertiary/aromatic N) is 1. The molecular formula is C11H13ClN2O4. The molecule has 0 amide bonds. The molecule has 18 heavy (non-hydrogen) atoms. The second kappa shape index (κ2) is 5.32. The van der Waals surface area contributed by atoms with E-state index < -0.39 is 16.4 Å². The standard InChI is InChI=1S/C11H13ClN2O4/c1-3-18-10(15)11(2,13)7-4-5-8(12)9(6-7)14(16)17/h4-6H,3,13H2,1-2H3. The predicted octanol–water partition coefficient (Wildman–Crippen LogP) is 1.99. The minimum absolute atomic E-state index is 0.0107. The van der Waals surface area contributed by atoms with Crippen LogP contribution >= 0.6 is 11.6 Å². The average molecular weight is 273 g/mol. The molecule has 6 nitrogen and oxygen atoms in total. The van der Waals surface area contributed by atoms with Crippen LogP contribution in [0.4, 0.5) is 5.69 Å². The third-order valence-corrected chi connectivity index (χ3v) is 2.76. The van der Waals surface area contributed by atoms with Crippen molar-refractivity contribution in [2.24, 2.45) is 5.73 Å². The Kier molecular flexibility index (Phi) is 4.26. The van der Waals surface area contributed by atoms with Gasteiger partial charge in [0, 0.05) is 6.07 Å². The monoisotopic (exact) mass is 272 g/mol. The number of nitro groups is 1. The van der Waals surface area contributed by atoms with Gasteiger partial charge >= 0.3 is 5.97 Å². The number of nitro benzene ring substituents is 1. The first kappa shape index (κ1) is 14.4. The molecule has 0 aliphatic carbocycles. The van der Waals surface area contributed by atoms with Crippen molar-refractivity contribution < 1.29 is 14.5 Å². The van der Waals surface area contributed by atoms with E-state index in [-0.39, 0.29) is 22.9 Å². The number of hydrogen-bond donors (Lipinski definition) is 1. The zero-order valence-corrected chi connectivity index (χ0v) is 10.7. The molecule has 1 aromatic rings. The van der Waals surface area contributed by atoms with Crippen LogP contribution in [0.25, 0.3) is 0 Å². The lowest BCUT2D eigenvalue weighted by Gasteiger charge is -2.22. The zero-order chi connectivity index (χ0) is 13.9. The van der Waals surface area contributed by atoms with Crippen molar-refractivity contribution in [3.8, 4) is 0 Å². The Labute approximate surface area is 109 Å². The van der Waals surface area contributed by atoms with Crippen LogP contribution in [0.1, 0.15) is 19.4 Å². The summed E-state index contributed by atoms with van der Waals surface area (Å²) >= 11 is 5.68. The lowest BCUT2D eigenvalue weighted by Crippen LogP contribution is -2.43. The highest BCUT2D eigenvalue weighted by Crippen LogP contribution is 2.29. The molecule has 0 aliphatic rings. The molecule has 1 aromatic carbocycles. The highest BCUT2D eigenvalue weighted by molar-refractivity contribution is 6.32. The second-order valence-corrected chi connectivity index (χ2v) is 4.25. The van der Waals surface area contributed by atoms with Gasteiger partial charge in [0.2, 0.25) is 0 Å². The number of esters is 1. The number of nitrogens with two attached hydrogens (primary N) is 1. The van der Waals surface area contributed by atoms with Crippen molar-refractivity contribution in [2.45, 2.75) is 19.4 Å². The van der Waals surface area contributed by atoms with E-state index in [0.717, 1.165) is 0 Å². The van der Waals surface area contributed by atoms with E-state index in [2.05, 4.69) is 0 Å². The maximum atomic E-state index is 11.7. The summed E-state index contributed by atoms with van der Waals surface area (Å²) < 4.78 is 4.82. The largest absolute Gasteiger partial charge is 0.464 e. The summed E-state index contributed by atoms with van der Waals surface area (Å²) in [5.74, 6) is -0.651. The molecule has 1 rings (SSSR count). The summed E-state index contributed by atoms with van der Waals surface area (Å²) in [5.41, 5.74) is 4.37. The molecule has 0 saturated heterocycles. The van der Waals surface area contributed by atoms with Crippen molar-refractivity contribution in [3.05, 3.63) is 38.9 Å². The van der Waals surface area contributed by atoms with Gasteiger partial charge in [0.25, 0.3) is 5.69 Å². The van der Waals surface area contributed by atoms with Crippen LogP contribution in [-0.2, 0) is 15.1 Å². The number of benzene rings is 1. The number of carbonyl (C=O) groups excluding carboxylic acids is 1. The lowest BCUT2D eigenvalue weighted by molar-refractivity contribution is -0.384. The van der Waals surface area contributed by atoms with E-state index in [0.29, 0.717) is 0 Å². The zero-order valence-electron chi connectivity index (χ0n) is 9.97. The minimum atomic E-state index is -1.45. The normalized spacial score (nSPS) is 13.8. The number of rotatable bonds is 4. The maximum Gasteiger partial charge on any atom is 0.330 e. The minimum Gasteiger partial charge on any atom is -0.464 e. The number of halogens is 1. The van der Waals surface area contributed by atoms with Crippen LogP contribution in [0.2, 0.25) is 5.02 Å². The van der Waals surface area contributed by atoms with Crippen LogP contribution in [0.5, 0.6) is 0 Å². The molecule has 0 fully saturated rings. The van der Waals surface area contributed by atoms with Crippen LogP contribution < -0.4 is 5.73 Å². The fraction of sp³-hybridized carbons (Fsp3) is 0.364. The topological polar surface area (TPSA) is 95.5 Å². The van der Waals surface area contributed by atoms with Gasteiger partial charge in [0.1, 0.15) is 10.6 Å². The average Bonchev–Trinajstić information content (AvgIpc) is 2.29. The summed E-state index contributed by atoms with van der Waals surface area (Å²) in [6, 6.07) is 3.98. The highest BCUT2D eigenvalue weighted by Gasteiger charge is 2.33. The van der Waals surface area contributed by atoms with Crippen molar-refractivity contribution in [1.82, 2.24) is 0 Å². The van der Waals surface area contributed by atoms with E-state index in [1.54, 1.807) is 6.92 Å². The summed E-state index contributed by atoms with van der Waals surface area (Å²) in [6.07, 6.45) is 0. The van der Waals surface area contributed by atoms with E-state index in [9.17, 15) is 14.9 Å². The summed E-state index contributed by atoms with van der Waals surface area (Å²) in [7, 11) is 0. The van der Waals surface area contributed by atoms with Crippen molar-refractivity contribution in [2.75, 3.05) is 6.61 Å². The van der Waals surface area contributed by atoms with Gasteiger partial charge in [-0.05, 0) is 25.5 Å². The van der Waals surface area contributed by atoms with E-state index in [4.69, 9.17) is 22.1 Å². The summed E-state index contributed by atoms with van der Waals surface area (Å²) in [6.45, 7) is 3.26. The first-order chi connectivity index (χ1) is 8.30. The Morgan fingerprint density at radius 2 is 2.22 bits per heavy atom. The van der Waals surface area contributed by atoms with Gasteiger partial charge in [-0.15, -0.1) is 0 Å². The fourth-order valence-corrected chi connectivity index (χ4v) is 1.56. The molecule has 2 N–H and O–H groups in total. The Hall–Kier alpha value is -1.66. The quantitative estimate of drug-likeness (QED) is 0.514. The Morgan fingerprint density at radius 1 is 1.61 bits per heavy atom. The summed E-state index contributed by atoms with van der Waals surface area (Å²) in [4.78, 5) is 21.8. The van der Waals surface area contributed by atoms with Gasteiger partial charge in [-0.25, -0.2) is 4.79 Å². The van der Waals surface area contributed by atoms with E-state index in [1.165, 1.54) is 25.1 Å². The fourth-order valence-electron chi connectivity index (χ4n) is 1.37. The lowest BCUT2D eigenvalue weighted by atomic mass is 9.93. The first-order valence-electron chi connectivity index (χ1n) is 5.21. The third-order valence-electron chi connectivity index (χ3n) is 2.44. The molecule has 0 aromatic heterocycles. The van der Waals surface area contributed by atoms with Crippen LogP contribution in [0.3, 0.4) is 0 Å². The molecule has 1 atom stereocenters. The van der Waals surface area contributed by atoms with Crippen molar-refractivity contribution >= 4 is 23.3 Å². The molecule has 0 radical (unpaired) electrons. The SMILES string of the molecule is CCOC(=O)C(C)(N)c1ccc(Cl)c([N+](=O)[O-])c1.